The summed E-state index contributed by atoms with van der Waals surface area (Å²) in [5.74, 6) is -0.0587. The van der Waals surface area contributed by atoms with Gasteiger partial charge in [-0.05, 0) is 32.0 Å². The molecule has 106 valence electrons. The highest BCUT2D eigenvalue weighted by Crippen LogP contribution is 2.27. The normalized spacial score (nSPS) is 17.3. The summed E-state index contributed by atoms with van der Waals surface area (Å²) >= 11 is 0. The van der Waals surface area contributed by atoms with Crippen LogP contribution in [0.2, 0.25) is 0 Å². The van der Waals surface area contributed by atoms with Crippen molar-refractivity contribution >= 4 is 0 Å². The van der Waals surface area contributed by atoms with E-state index < -0.39 is 0 Å². The van der Waals surface area contributed by atoms with Crippen molar-refractivity contribution in [3.8, 4) is 11.5 Å². The van der Waals surface area contributed by atoms with Gasteiger partial charge < -0.3 is 20.4 Å². The van der Waals surface area contributed by atoms with Gasteiger partial charge >= 0.3 is 0 Å². The Kier molecular flexibility index (Phi) is 5.48. The summed E-state index contributed by atoms with van der Waals surface area (Å²) in [7, 11) is 0. The minimum atomic E-state index is -0.0492. The van der Waals surface area contributed by atoms with Crippen LogP contribution in [0.25, 0.3) is 0 Å². The second-order valence-electron chi connectivity index (χ2n) is 5.22. The molecule has 0 radical (unpaired) electrons. The number of phenols is 2. The monoisotopic (exact) mass is 264 g/mol. The predicted octanol–water partition coefficient (Wildman–Crippen LogP) is 2.06. The molecule has 0 atom stereocenters. The standard InChI is InChI=1S/C15H24N2O2/c18-14-7-5-6-13(15(14)19)12-16-8-11-17-9-3-1-2-4-10-17/h5-7,16,18-19H,1-4,8-12H2. The first-order valence-corrected chi connectivity index (χ1v) is 7.20. The zero-order valence-electron chi connectivity index (χ0n) is 11.4. The van der Waals surface area contributed by atoms with E-state index in [9.17, 15) is 10.2 Å². The first-order chi connectivity index (χ1) is 9.27. The van der Waals surface area contributed by atoms with Crippen LogP contribution in [0.4, 0.5) is 0 Å². The Bertz CT molecular complexity index is 388. The number of hydrogen-bond acceptors (Lipinski definition) is 4. The molecule has 1 saturated heterocycles. The van der Waals surface area contributed by atoms with E-state index in [2.05, 4.69) is 10.2 Å². The number of nitrogens with zero attached hydrogens (tertiary/aromatic N) is 1. The molecule has 1 heterocycles. The van der Waals surface area contributed by atoms with Crippen LogP contribution in [0.3, 0.4) is 0 Å². The first-order valence-electron chi connectivity index (χ1n) is 7.20. The van der Waals surface area contributed by atoms with Crippen molar-refractivity contribution in [2.75, 3.05) is 26.2 Å². The maximum atomic E-state index is 9.68. The van der Waals surface area contributed by atoms with Crippen molar-refractivity contribution < 1.29 is 10.2 Å². The molecule has 0 spiro atoms. The van der Waals surface area contributed by atoms with Gasteiger partial charge in [-0.1, -0.05) is 25.0 Å². The zero-order valence-corrected chi connectivity index (χ0v) is 11.4. The van der Waals surface area contributed by atoms with Crippen molar-refractivity contribution in [2.45, 2.75) is 32.2 Å². The van der Waals surface area contributed by atoms with Gasteiger partial charge in [-0.25, -0.2) is 0 Å². The molecule has 0 aromatic heterocycles. The van der Waals surface area contributed by atoms with Crippen LogP contribution in [0.5, 0.6) is 11.5 Å². The zero-order chi connectivity index (χ0) is 13.5. The molecular weight excluding hydrogens is 240 g/mol. The minimum Gasteiger partial charge on any atom is -0.504 e. The van der Waals surface area contributed by atoms with Crippen LogP contribution in [-0.4, -0.2) is 41.3 Å². The molecule has 4 nitrogen and oxygen atoms in total. The van der Waals surface area contributed by atoms with Crippen molar-refractivity contribution in [1.29, 1.82) is 0 Å². The number of rotatable bonds is 5. The van der Waals surface area contributed by atoms with Crippen LogP contribution in [-0.2, 0) is 6.54 Å². The van der Waals surface area contributed by atoms with Gasteiger partial charge in [0.2, 0.25) is 0 Å². The lowest BCUT2D eigenvalue weighted by Crippen LogP contribution is -2.32. The van der Waals surface area contributed by atoms with E-state index in [0.29, 0.717) is 6.54 Å². The highest BCUT2D eigenvalue weighted by Gasteiger charge is 2.08. The van der Waals surface area contributed by atoms with Gasteiger partial charge in [-0.15, -0.1) is 0 Å². The van der Waals surface area contributed by atoms with E-state index in [1.165, 1.54) is 44.8 Å². The molecule has 0 unspecified atom stereocenters. The van der Waals surface area contributed by atoms with Crippen molar-refractivity contribution in [2.24, 2.45) is 0 Å². The van der Waals surface area contributed by atoms with E-state index in [1.807, 2.05) is 6.07 Å². The lowest BCUT2D eigenvalue weighted by atomic mass is 10.2. The van der Waals surface area contributed by atoms with Gasteiger partial charge in [0.1, 0.15) is 0 Å². The number of phenolic OH excluding ortho intramolecular Hbond substituents is 2. The van der Waals surface area contributed by atoms with E-state index in [-0.39, 0.29) is 11.5 Å². The van der Waals surface area contributed by atoms with Crippen LogP contribution in [0, 0.1) is 0 Å². The third-order valence-corrected chi connectivity index (χ3v) is 3.72. The summed E-state index contributed by atoms with van der Waals surface area (Å²) in [6.45, 7) is 4.97. The fourth-order valence-electron chi connectivity index (χ4n) is 2.54. The average Bonchev–Trinajstić information content (AvgIpc) is 2.68. The smallest absolute Gasteiger partial charge is 0.161 e. The van der Waals surface area contributed by atoms with Crippen molar-refractivity contribution in [3.05, 3.63) is 23.8 Å². The Hall–Kier alpha value is -1.26. The first kappa shape index (κ1) is 14.2. The molecule has 1 aliphatic heterocycles. The molecule has 1 aliphatic rings. The molecule has 0 bridgehead atoms. The molecule has 19 heavy (non-hydrogen) atoms. The number of para-hydroxylation sites is 1. The molecule has 0 aliphatic carbocycles. The molecule has 1 aromatic carbocycles. The summed E-state index contributed by atoms with van der Waals surface area (Å²) in [6, 6.07) is 5.07. The van der Waals surface area contributed by atoms with Gasteiger partial charge in [0.05, 0.1) is 0 Å². The van der Waals surface area contributed by atoms with Gasteiger partial charge in [-0.2, -0.15) is 0 Å². The summed E-state index contributed by atoms with van der Waals surface area (Å²) in [5, 5.41) is 22.4. The molecular formula is C15H24N2O2. The second-order valence-corrected chi connectivity index (χ2v) is 5.22. The topological polar surface area (TPSA) is 55.7 Å². The maximum absolute atomic E-state index is 9.68. The fourth-order valence-corrected chi connectivity index (χ4v) is 2.54. The Morgan fingerprint density at radius 3 is 2.53 bits per heavy atom. The van der Waals surface area contributed by atoms with Crippen LogP contribution in [0.1, 0.15) is 31.2 Å². The third kappa shape index (κ3) is 4.40. The fraction of sp³-hybridized carbons (Fsp3) is 0.600. The number of aromatic hydroxyl groups is 2. The predicted molar refractivity (Wildman–Crippen MR) is 76.4 cm³/mol. The quantitative estimate of drug-likeness (QED) is 0.563. The number of nitrogens with one attached hydrogen (secondary N) is 1. The Morgan fingerprint density at radius 1 is 1.05 bits per heavy atom. The van der Waals surface area contributed by atoms with Crippen LogP contribution >= 0.6 is 0 Å². The number of likely N-dealkylation sites (tertiary alicyclic amines) is 1. The van der Waals surface area contributed by atoms with Gasteiger partial charge in [-0.3, -0.25) is 0 Å². The Balaban J connectivity index is 1.70. The van der Waals surface area contributed by atoms with Crippen molar-refractivity contribution in [1.82, 2.24) is 10.2 Å². The van der Waals surface area contributed by atoms with E-state index in [0.717, 1.165) is 18.7 Å². The molecule has 0 amide bonds. The molecule has 1 aromatic rings. The molecule has 3 N–H and O–H groups in total. The van der Waals surface area contributed by atoms with Crippen molar-refractivity contribution in [3.63, 3.8) is 0 Å². The SMILES string of the molecule is Oc1cccc(CNCCN2CCCCCC2)c1O. The average molecular weight is 264 g/mol. The summed E-state index contributed by atoms with van der Waals surface area (Å²) in [4.78, 5) is 2.50. The van der Waals surface area contributed by atoms with Crippen LogP contribution < -0.4 is 5.32 Å². The van der Waals surface area contributed by atoms with E-state index >= 15 is 0 Å². The lowest BCUT2D eigenvalue weighted by Gasteiger charge is -2.19. The highest BCUT2D eigenvalue weighted by molar-refractivity contribution is 5.44. The number of benzene rings is 1. The summed E-state index contributed by atoms with van der Waals surface area (Å²) in [6.07, 6.45) is 5.35. The van der Waals surface area contributed by atoms with Gasteiger partial charge in [0.15, 0.2) is 11.5 Å². The third-order valence-electron chi connectivity index (χ3n) is 3.72. The minimum absolute atomic E-state index is 0.00947. The molecule has 0 saturated carbocycles. The van der Waals surface area contributed by atoms with Crippen LogP contribution in [0.15, 0.2) is 18.2 Å². The maximum Gasteiger partial charge on any atom is 0.161 e. The Labute approximate surface area is 115 Å². The van der Waals surface area contributed by atoms with E-state index in [1.54, 1.807) is 6.07 Å². The largest absolute Gasteiger partial charge is 0.504 e. The highest BCUT2D eigenvalue weighted by atomic mass is 16.3. The van der Waals surface area contributed by atoms with Gasteiger partial charge in [0.25, 0.3) is 0 Å². The van der Waals surface area contributed by atoms with E-state index in [4.69, 9.17) is 0 Å². The lowest BCUT2D eigenvalue weighted by molar-refractivity contribution is 0.284. The number of hydrogen-bond donors (Lipinski definition) is 3. The Morgan fingerprint density at radius 2 is 1.79 bits per heavy atom. The summed E-state index contributed by atoms with van der Waals surface area (Å²) in [5.41, 5.74) is 0.746. The molecule has 2 rings (SSSR count). The molecule has 1 fully saturated rings. The molecule has 4 heteroatoms. The second kappa shape index (κ2) is 7.36. The summed E-state index contributed by atoms with van der Waals surface area (Å²) < 4.78 is 0. The van der Waals surface area contributed by atoms with Gasteiger partial charge in [0, 0.05) is 25.2 Å².